The van der Waals surface area contributed by atoms with E-state index in [1.54, 1.807) is 60.7 Å². The maximum atomic E-state index is 13.4. The predicted molar refractivity (Wildman–Crippen MR) is 155 cm³/mol. The fourth-order valence-electron chi connectivity index (χ4n) is 4.19. The zero-order valence-corrected chi connectivity index (χ0v) is 23.0. The highest BCUT2D eigenvalue weighted by Crippen LogP contribution is 2.37. The lowest BCUT2D eigenvalue weighted by Gasteiger charge is -2.17. The lowest BCUT2D eigenvalue weighted by molar-refractivity contribution is -0.123. The lowest BCUT2D eigenvalue weighted by Crippen LogP contribution is -2.33. The van der Waals surface area contributed by atoms with Gasteiger partial charge in [0.25, 0.3) is 17.7 Å². The number of aromatic nitrogens is 1. The van der Waals surface area contributed by atoms with Gasteiger partial charge in [-0.2, -0.15) is 4.99 Å². The second-order valence-corrected chi connectivity index (χ2v) is 11.3. The van der Waals surface area contributed by atoms with Crippen LogP contribution in [0.1, 0.15) is 32.7 Å². The number of thiazole rings is 1. The molecule has 0 atom stereocenters. The maximum Gasteiger partial charge on any atom is 0.285 e. The summed E-state index contributed by atoms with van der Waals surface area (Å²) in [6.07, 6.45) is 2.07. The van der Waals surface area contributed by atoms with Crippen LogP contribution in [0.2, 0.25) is 5.02 Å². The van der Waals surface area contributed by atoms with Crippen LogP contribution in [0.3, 0.4) is 0 Å². The molecule has 1 aromatic heterocycles. The van der Waals surface area contributed by atoms with Crippen molar-refractivity contribution in [2.45, 2.75) is 6.42 Å². The Bertz CT molecular complexity index is 1700. The molecule has 3 heterocycles. The second kappa shape index (κ2) is 10.9. The molecule has 1 fully saturated rings. The van der Waals surface area contributed by atoms with Crippen molar-refractivity contribution in [2.24, 2.45) is 4.99 Å². The highest BCUT2D eigenvalue weighted by atomic mass is 35.5. The summed E-state index contributed by atoms with van der Waals surface area (Å²) >= 11 is 8.69. The van der Waals surface area contributed by atoms with Crippen molar-refractivity contribution in [1.29, 1.82) is 0 Å². The maximum absolute atomic E-state index is 13.4. The van der Waals surface area contributed by atoms with Crippen molar-refractivity contribution in [1.82, 2.24) is 14.9 Å². The summed E-state index contributed by atoms with van der Waals surface area (Å²) in [5, 5.41) is 11.9. The molecule has 2 aliphatic rings. The standard InChI is InChI=1S/C28H19ClN4O5S2/c29-17-8-11-21-22(15-17)39-27(30-21)31-28-32(26(37)23(40-28)14-16-6-9-18(34)10-7-16)12-3-13-38-33-24(35)19-4-1-2-5-20(19)25(33)36/h1-2,4-11,14-15,34H,3,12-13H2/b23-14-,31-28+. The first-order valence-electron chi connectivity index (χ1n) is 12.1. The minimum absolute atomic E-state index is 0.0316. The number of nitrogens with zero attached hydrogens (tertiary/aromatic N) is 4. The molecular formula is C28H19ClN4O5S2. The Labute approximate surface area is 241 Å². The summed E-state index contributed by atoms with van der Waals surface area (Å²) in [7, 11) is 0. The van der Waals surface area contributed by atoms with Crippen molar-refractivity contribution < 1.29 is 24.3 Å². The van der Waals surface area contributed by atoms with E-state index in [1.807, 2.05) is 12.1 Å². The number of amidine groups is 1. The fraction of sp³-hybridized carbons (Fsp3) is 0.107. The number of aliphatic imine (C=N–C) groups is 1. The first-order valence-corrected chi connectivity index (χ1v) is 14.1. The van der Waals surface area contributed by atoms with E-state index in [1.165, 1.54) is 28.0 Å². The van der Waals surface area contributed by atoms with Crippen LogP contribution in [0.15, 0.2) is 76.6 Å². The minimum Gasteiger partial charge on any atom is -0.508 e. The smallest absolute Gasteiger partial charge is 0.285 e. The van der Waals surface area contributed by atoms with E-state index >= 15 is 0 Å². The van der Waals surface area contributed by atoms with Crippen molar-refractivity contribution >= 4 is 79.0 Å². The van der Waals surface area contributed by atoms with Crippen LogP contribution in [0, 0.1) is 0 Å². The van der Waals surface area contributed by atoms with Crippen LogP contribution in [0.4, 0.5) is 5.13 Å². The number of amides is 3. The Morgan fingerprint density at radius 3 is 2.42 bits per heavy atom. The van der Waals surface area contributed by atoms with Crippen molar-refractivity contribution in [3.8, 4) is 5.75 Å². The minimum atomic E-state index is -0.509. The summed E-state index contributed by atoms with van der Waals surface area (Å²) in [6.45, 7) is 0.265. The van der Waals surface area contributed by atoms with Crippen molar-refractivity contribution in [3.05, 3.63) is 93.3 Å². The van der Waals surface area contributed by atoms with Gasteiger partial charge in [-0.05, 0) is 72.3 Å². The average Bonchev–Trinajstić information content (AvgIpc) is 3.55. The normalized spacial score (nSPS) is 17.2. The monoisotopic (exact) mass is 590 g/mol. The van der Waals surface area contributed by atoms with E-state index in [9.17, 15) is 19.5 Å². The molecule has 0 bridgehead atoms. The van der Waals surface area contributed by atoms with Gasteiger partial charge in [0, 0.05) is 11.6 Å². The Morgan fingerprint density at radius 2 is 1.70 bits per heavy atom. The molecule has 0 saturated carbocycles. The number of carbonyl (C=O) groups is 3. The Kier molecular flexibility index (Phi) is 7.11. The van der Waals surface area contributed by atoms with E-state index in [0.29, 0.717) is 37.8 Å². The molecule has 0 radical (unpaired) electrons. The number of hydrogen-bond donors (Lipinski definition) is 1. The van der Waals surface area contributed by atoms with Gasteiger partial charge in [-0.3, -0.25) is 24.1 Å². The fourth-order valence-corrected chi connectivity index (χ4v) is 6.37. The van der Waals surface area contributed by atoms with Gasteiger partial charge in [0.1, 0.15) is 5.75 Å². The third kappa shape index (κ3) is 5.11. The van der Waals surface area contributed by atoms with Gasteiger partial charge < -0.3 is 5.11 Å². The number of hydroxylamine groups is 2. The summed E-state index contributed by atoms with van der Waals surface area (Å²) in [5.41, 5.74) is 2.10. The number of rotatable bonds is 7. The van der Waals surface area contributed by atoms with Gasteiger partial charge >= 0.3 is 0 Å². The number of phenolic OH excluding ortho intramolecular Hbond substituents is 1. The first kappa shape index (κ1) is 26.2. The summed E-state index contributed by atoms with van der Waals surface area (Å²) in [6, 6.07) is 18.4. The Balaban J connectivity index is 1.20. The van der Waals surface area contributed by atoms with Gasteiger partial charge in [-0.15, -0.1) is 5.06 Å². The Morgan fingerprint density at radius 1 is 0.975 bits per heavy atom. The molecule has 0 aliphatic carbocycles. The van der Waals surface area contributed by atoms with E-state index < -0.39 is 11.8 Å². The van der Waals surface area contributed by atoms with Gasteiger partial charge in [-0.1, -0.05) is 47.2 Å². The second-order valence-electron chi connectivity index (χ2n) is 8.80. The SMILES string of the molecule is O=C1c2ccccc2C(=O)N1OCCCN1C(=O)/C(=C/c2ccc(O)cc2)S/C1=N/c1nc2ccc(Cl)cc2s1. The zero-order valence-electron chi connectivity index (χ0n) is 20.6. The quantitative estimate of drug-likeness (QED) is 0.162. The van der Waals surface area contributed by atoms with Crippen LogP contribution in [-0.2, 0) is 9.63 Å². The molecule has 12 heteroatoms. The summed E-state index contributed by atoms with van der Waals surface area (Å²) < 4.78 is 0.877. The highest BCUT2D eigenvalue weighted by molar-refractivity contribution is 8.18. The van der Waals surface area contributed by atoms with Crippen LogP contribution in [-0.4, -0.2) is 56.1 Å². The van der Waals surface area contributed by atoms with E-state index in [4.69, 9.17) is 16.4 Å². The molecule has 1 saturated heterocycles. The predicted octanol–water partition coefficient (Wildman–Crippen LogP) is 5.88. The lowest BCUT2D eigenvalue weighted by atomic mass is 10.1. The number of phenols is 1. The number of carbonyl (C=O) groups excluding carboxylic acids is 3. The summed E-state index contributed by atoms with van der Waals surface area (Å²) in [5.74, 6) is -1.14. The number of benzene rings is 3. The number of hydrogen-bond acceptors (Lipinski definition) is 9. The number of fused-ring (bicyclic) bond motifs is 2. The molecule has 1 N–H and O–H groups in total. The molecule has 40 heavy (non-hydrogen) atoms. The van der Waals surface area contributed by atoms with Crippen LogP contribution in [0.5, 0.6) is 5.75 Å². The van der Waals surface area contributed by atoms with Crippen molar-refractivity contribution in [3.63, 3.8) is 0 Å². The molecular weight excluding hydrogens is 572 g/mol. The van der Waals surface area contributed by atoms with E-state index in [-0.39, 0.29) is 24.8 Å². The largest absolute Gasteiger partial charge is 0.508 e. The van der Waals surface area contributed by atoms with Crippen LogP contribution >= 0.6 is 34.7 Å². The third-order valence-electron chi connectivity index (χ3n) is 6.11. The first-order chi connectivity index (χ1) is 19.4. The molecule has 0 unspecified atom stereocenters. The zero-order chi connectivity index (χ0) is 27.8. The number of halogens is 1. The molecule has 4 aromatic rings. The third-order valence-corrected chi connectivity index (χ3v) is 8.27. The summed E-state index contributed by atoms with van der Waals surface area (Å²) in [4.78, 5) is 55.3. The molecule has 6 rings (SSSR count). The van der Waals surface area contributed by atoms with E-state index in [2.05, 4.69) is 9.98 Å². The highest BCUT2D eigenvalue weighted by Gasteiger charge is 2.37. The van der Waals surface area contributed by atoms with Crippen LogP contribution in [0.25, 0.3) is 16.3 Å². The number of imide groups is 1. The topological polar surface area (TPSA) is 112 Å². The van der Waals surface area contributed by atoms with Gasteiger partial charge in [0.15, 0.2) is 5.17 Å². The number of thioether (sulfide) groups is 1. The van der Waals surface area contributed by atoms with Crippen molar-refractivity contribution in [2.75, 3.05) is 13.2 Å². The molecule has 0 spiro atoms. The van der Waals surface area contributed by atoms with Gasteiger partial charge in [0.2, 0.25) is 5.13 Å². The average molecular weight is 591 g/mol. The Hall–Kier alpha value is -4.03. The van der Waals surface area contributed by atoms with Crippen LogP contribution < -0.4 is 0 Å². The molecule has 3 amide bonds. The molecule has 3 aromatic carbocycles. The van der Waals surface area contributed by atoms with E-state index in [0.717, 1.165) is 20.8 Å². The molecule has 2 aliphatic heterocycles. The molecule has 9 nitrogen and oxygen atoms in total. The molecule has 200 valence electrons. The van der Waals surface area contributed by atoms with Gasteiger partial charge in [0.05, 0.1) is 32.9 Å². The van der Waals surface area contributed by atoms with Gasteiger partial charge in [-0.25, -0.2) is 4.98 Å². The number of aromatic hydroxyl groups is 1.